The first-order valence-electron chi connectivity index (χ1n) is 13.1. The summed E-state index contributed by atoms with van der Waals surface area (Å²) in [5, 5.41) is 9.80. The van der Waals surface area contributed by atoms with Gasteiger partial charge in [0.2, 0.25) is 0 Å². The molecule has 36 heavy (non-hydrogen) atoms. The molecular weight excluding hydrogens is 459 g/mol. The third kappa shape index (κ3) is 5.67. The Balaban J connectivity index is 1.42. The zero-order chi connectivity index (χ0) is 26.2. The second kappa shape index (κ2) is 10.4. The topological polar surface area (TPSA) is 76.9 Å². The Labute approximate surface area is 214 Å². The smallest absolute Gasteiger partial charge is 0.411 e. The van der Waals surface area contributed by atoms with Gasteiger partial charge in [-0.15, -0.1) is 0 Å². The number of rotatable bonds is 6. The molecule has 1 amide bonds. The van der Waals surface area contributed by atoms with E-state index in [4.69, 9.17) is 4.74 Å². The van der Waals surface area contributed by atoms with E-state index in [1.807, 2.05) is 26.8 Å². The average molecular weight is 499 g/mol. The zero-order valence-electron chi connectivity index (χ0n) is 22.2. The molecule has 1 aromatic rings. The van der Waals surface area contributed by atoms with Crippen LogP contribution in [0.3, 0.4) is 0 Å². The van der Waals surface area contributed by atoms with Crippen molar-refractivity contribution in [3.8, 4) is 6.07 Å². The summed E-state index contributed by atoms with van der Waals surface area (Å²) in [5.74, 6) is -1.01. The number of halogens is 1. The number of carbonyl (C=O) groups excluding carboxylic acids is 2. The molecule has 2 aliphatic heterocycles. The lowest BCUT2D eigenvalue weighted by molar-refractivity contribution is -0.126. The number of fused-ring (bicyclic) bond motifs is 2. The summed E-state index contributed by atoms with van der Waals surface area (Å²) < 4.78 is 20.7. The number of hydrogen-bond donors (Lipinski definition) is 0. The number of piperidine rings is 1. The van der Waals surface area contributed by atoms with E-state index in [1.54, 1.807) is 17.0 Å². The molecule has 4 rings (SSSR count). The lowest BCUT2D eigenvalue weighted by Crippen LogP contribution is -2.51. The molecule has 0 spiro atoms. The lowest BCUT2D eigenvalue weighted by atomic mass is 9.88. The van der Waals surface area contributed by atoms with E-state index in [0.29, 0.717) is 5.56 Å². The number of likely N-dealkylation sites (N-methyl/N-ethyl adjacent to an activating group) is 1. The van der Waals surface area contributed by atoms with Gasteiger partial charge < -0.3 is 14.5 Å². The molecule has 0 N–H and O–H groups in total. The number of benzene rings is 1. The summed E-state index contributed by atoms with van der Waals surface area (Å²) >= 11 is 0. The molecule has 0 radical (unpaired) electrons. The Morgan fingerprint density at radius 1 is 1.25 bits per heavy atom. The van der Waals surface area contributed by atoms with E-state index < -0.39 is 23.7 Å². The molecule has 3 aliphatic rings. The highest BCUT2D eigenvalue weighted by Crippen LogP contribution is 2.44. The quantitative estimate of drug-likeness (QED) is 0.579. The van der Waals surface area contributed by atoms with Crippen LogP contribution < -0.4 is 4.90 Å². The molecule has 2 bridgehead atoms. The van der Waals surface area contributed by atoms with Gasteiger partial charge in [0, 0.05) is 43.8 Å². The van der Waals surface area contributed by atoms with Gasteiger partial charge in [-0.25, -0.2) is 9.18 Å². The van der Waals surface area contributed by atoms with Gasteiger partial charge in [0.1, 0.15) is 11.4 Å². The molecule has 8 heteroatoms. The van der Waals surface area contributed by atoms with E-state index in [-0.39, 0.29) is 42.4 Å². The number of piperazine rings is 1. The van der Waals surface area contributed by atoms with Crippen LogP contribution in [0.5, 0.6) is 0 Å². The van der Waals surface area contributed by atoms with E-state index >= 15 is 4.39 Å². The molecule has 0 aromatic heterocycles. The van der Waals surface area contributed by atoms with Crippen molar-refractivity contribution in [3.05, 3.63) is 29.6 Å². The number of anilines is 1. The minimum atomic E-state index is -0.653. The molecule has 1 aromatic carbocycles. The summed E-state index contributed by atoms with van der Waals surface area (Å²) in [7, 11) is 2.09. The molecule has 1 aliphatic carbocycles. The largest absolute Gasteiger partial charge is 0.444 e. The second-order valence-corrected chi connectivity index (χ2v) is 11.8. The Morgan fingerprint density at radius 3 is 2.64 bits per heavy atom. The number of carbonyl (C=O) groups is 2. The van der Waals surface area contributed by atoms with Gasteiger partial charge in [-0.2, -0.15) is 5.26 Å². The molecule has 3 fully saturated rings. The van der Waals surface area contributed by atoms with Gasteiger partial charge in [-0.05, 0) is 84.0 Å². The third-order valence-electron chi connectivity index (χ3n) is 7.81. The van der Waals surface area contributed by atoms with Crippen LogP contribution in [0.15, 0.2) is 18.2 Å². The predicted molar refractivity (Wildman–Crippen MR) is 136 cm³/mol. The van der Waals surface area contributed by atoms with Crippen LogP contribution in [0.4, 0.5) is 14.9 Å². The average Bonchev–Trinajstić information content (AvgIpc) is 3.40. The molecule has 196 valence electrons. The van der Waals surface area contributed by atoms with Crippen LogP contribution in [-0.4, -0.2) is 72.1 Å². The first-order valence-corrected chi connectivity index (χ1v) is 13.1. The molecule has 2 heterocycles. The maximum atomic E-state index is 15.1. The Morgan fingerprint density at radius 2 is 2.00 bits per heavy atom. The van der Waals surface area contributed by atoms with Gasteiger partial charge in [-0.3, -0.25) is 9.69 Å². The van der Waals surface area contributed by atoms with Crippen molar-refractivity contribution in [2.75, 3.05) is 31.6 Å². The van der Waals surface area contributed by atoms with Gasteiger partial charge in [-0.1, -0.05) is 6.07 Å². The first-order chi connectivity index (χ1) is 17.0. The van der Waals surface area contributed by atoms with Gasteiger partial charge >= 0.3 is 6.09 Å². The molecule has 7 nitrogen and oxygen atoms in total. The fourth-order valence-electron chi connectivity index (χ4n) is 6.18. The minimum Gasteiger partial charge on any atom is -0.444 e. The van der Waals surface area contributed by atoms with Gasteiger partial charge in [0.25, 0.3) is 0 Å². The van der Waals surface area contributed by atoms with E-state index in [0.717, 1.165) is 44.6 Å². The van der Waals surface area contributed by atoms with Crippen molar-refractivity contribution >= 4 is 17.6 Å². The highest BCUT2D eigenvalue weighted by molar-refractivity contribution is 5.89. The highest BCUT2D eigenvalue weighted by atomic mass is 19.1. The number of nitrogens with zero attached hydrogens (tertiary/aromatic N) is 4. The second-order valence-electron chi connectivity index (χ2n) is 11.8. The minimum absolute atomic E-state index is 0.000367. The summed E-state index contributed by atoms with van der Waals surface area (Å²) in [4.78, 5) is 32.4. The number of ketones is 1. The predicted octanol–water partition coefficient (Wildman–Crippen LogP) is 4.40. The number of likely N-dealkylation sites (tertiary alicyclic amines) is 1. The standard InChI is InChI=1S/C28H39FN4O3/c1-18-17-31(5)10-11-32(18)22-8-6-20(24(29)15-22)12-19(16-30)13-25(34)26-21-7-9-23(14-21)33(26)27(35)36-28(2,3)4/h6,8,15,18-19,21,23,26H,7,9-14,17H2,1-5H3/t18?,19-,21+,23-,26+/m1/s1. The summed E-state index contributed by atoms with van der Waals surface area (Å²) in [5.41, 5.74) is 0.640. The van der Waals surface area contributed by atoms with Crippen molar-refractivity contribution in [1.29, 1.82) is 5.26 Å². The summed E-state index contributed by atoms with van der Waals surface area (Å²) in [6, 6.07) is 7.16. The summed E-state index contributed by atoms with van der Waals surface area (Å²) in [6.07, 6.45) is 2.28. The Kier molecular flexibility index (Phi) is 7.61. The van der Waals surface area contributed by atoms with Crippen molar-refractivity contribution in [3.63, 3.8) is 0 Å². The van der Waals surface area contributed by atoms with Crippen LogP contribution in [0.2, 0.25) is 0 Å². The highest BCUT2D eigenvalue weighted by Gasteiger charge is 2.52. The molecular formula is C28H39FN4O3. The Hall–Kier alpha value is -2.66. The number of ether oxygens (including phenoxy) is 1. The fourth-order valence-corrected chi connectivity index (χ4v) is 6.18. The lowest BCUT2D eigenvalue weighted by Gasteiger charge is -2.39. The summed E-state index contributed by atoms with van der Waals surface area (Å²) in [6.45, 7) is 10.3. The van der Waals surface area contributed by atoms with Crippen LogP contribution in [-0.2, 0) is 16.0 Å². The molecule has 1 unspecified atom stereocenters. The fraction of sp³-hybridized carbons (Fsp3) is 0.679. The van der Waals surface area contributed by atoms with Crippen molar-refractivity contribution < 1.29 is 18.7 Å². The number of amides is 1. The molecule has 2 saturated heterocycles. The Bertz CT molecular complexity index is 1030. The zero-order valence-corrected chi connectivity index (χ0v) is 22.2. The number of nitriles is 1. The van der Waals surface area contributed by atoms with Crippen LogP contribution in [0.1, 0.15) is 58.9 Å². The first kappa shape index (κ1) is 26.4. The maximum absolute atomic E-state index is 15.1. The molecule has 5 atom stereocenters. The maximum Gasteiger partial charge on any atom is 0.411 e. The van der Waals surface area contributed by atoms with Crippen molar-refractivity contribution in [1.82, 2.24) is 9.80 Å². The van der Waals surface area contributed by atoms with Gasteiger partial charge in [0.05, 0.1) is 18.0 Å². The monoisotopic (exact) mass is 498 g/mol. The van der Waals surface area contributed by atoms with E-state index in [1.165, 1.54) is 0 Å². The molecule has 1 saturated carbocycles. The normalized spacial score (nSPS) is 27.1. The van der Waals surface area contributed by atoms with Crippen LogP contribution in [0, 0.1) is 29.0 Å². The van der Waals surface area contributed by atoms with E-state index in [9.17, 15) is 14.9 Å². The van der Waals surface area contributed by atoms with Crippen molar-refractivity contribution in [2.45, 2.75) is 83.5 Å². The van der Waals surface area contributed by atoms with Crippen molar-refractivity contribution in [2.24, 2.45) is 11.8 Å². The van der Waals surface area contributed by atoms with E-state index in [2.05, 4.69) is 29.8 Å². The number of hydrogen-bond acceptors (Lipinski definition) is 6. The number of Topliss-reactive ketones (excluding diaryl/α,β-unsaturated/α-hetero) is 1. The SMILES string of the molecule is CC1CN(C)CCN1c1ccc(C[C@@H](C#N)CC(=O)[C@@H]2[C@H]3CC[C@H](C3)N2C(=O)OC(C)(C)C)c(F)c1. The van der Waals surface area contributed by atoms with Crippen LogP contribution >= 0.6 is 0 Å². The third-order valence-corrected chi connectivity index (χ3v) is 7.81. The van der Waals surface area contributed by atoms with Crippen LogP contribution in [0.25, 0.3) is 0 Å². The van der Waals surface area contributed by atoms with Gasteiger partial charge in [0.15, 0.2) is 5.78 Å².